The van der Waals surface area contributed by atoms with Crippen LogP contribution in [-0.2, 0) is 14.9 Å². The van der Waals surface area contributed by atoms with Gasteiger partial charge in [0.05, 0.1) is 11.3 Å². The fourth-order valence-corrected chi connectivity index (χ4v) is 3.32. The lowest BCUT2D eigenvalue weighted by Gasteiger charge is -2.30. The van der Waals surface area contributed by atoms with E-state index in [-0.39, 0.29) is 24.5 Å². The molecular weight excluding hydrogens is 270 g/mol. The van der Waals surface area contributed by atoms with Gasteiger partial charge in [0, 0.05) is 12.6 Å². The molecule has 0 spiro atoms. The highest BCUT2D eigenvalue weighted by Crippen LogP contribution is 2.15. The molecule has 0 bridgehead atoms. The third-order valence-electron chi connectivity index (χ3n) is 3.79. The number of nitrogens with one attached hydrogen (secondary N) is 3. The summed E-state index contributed by atoms with van der Waals surface area (Å²) in [5.41, 5.74) is 0. The third-order valence-corrected chi connectivity index (χ3v) is 5.04. The Bertz CT molecular complexity index is 412. The summed E-state index contributed by atoms with van der Waals surface area (Å²) in [5, 5.41) is 8.32. The highest BCUT2D eigenvalue weighted by Gasteiger charge is 2.32. The van der Waals surface area contributed by atoms with E-state index in [9.17, 15) is 13.2 Å². The zero-order chi connectivity index (χ0) is 13.9. The first-order chi connectivity index (χ1) is 8.97. The topological polar surface area (TPSA) is 108 Å². The van der Waals surface area contributed by atoms with E-state index < -0.39 is 15.4 Å². The number of carbonyl (C=O) groups excluding carboxylic acids is 1. The average Bonchev–Trinajstić information content (AvgIpc) is 2.39. The number of hydrogen-bond donors (Lipinski definition) is 4. The summed E-state index contributed by atoms with van der Waals surface area (Å²) in [5.74, 6) is -0.0688. The van der Waals surface area contributed by atoms with Gasteiger partial charge >= 0.3 is 0 Å². The Morgan fingerprint density at radius 1 is 1.16 bits per heavy atom. The Hall–Kier alpha value is -0.700. The molecule has 1 amide bonds. The Balaban J connectivity index is 1.79. The van der Waals surface area contributed by atoms with Gasteiger partial charge in [0.15, 0.2) is 0 Å². The Kier molecular flexibility index (Phi) is 4.77. The maximum absolute atomic E-state index is 12.0. The smallest absolute Gasteiger partial charge is 0.269 e. The van der Waals surface area contributed by atoms with Crippen LogP contribution in [-0.4, -0.2) is 55.8 Å². The minimum absolute atomic E-state index is 0.0688. The molecular formula is C11H21N3O4S. The second-order valence-corrected chi connectivity index (χ2v) is 6.90. The van der Waals surface area contributed by atoms with Crippen molar-refractivity contribution in [2.45, 2.75) is 43.0 Å². The molecule has 2 fully saturated rings. The molecule has 0 aliphatic carbocycles. The van der Waals surface area contributed by atoms with Gasteiger partial charge in [0.2, 0.25) is 5.91 Å². The van der Waals surface area contributed by atoms with Crippen LogP contribution in [0, 0.1) is 0 Å². The number of amides is 1. The van der Waals surface area contributed by atoms with Crippen molar-refractivity contribution < 1.29 is 17.8 Å². The van der Waals surface area contributed by atoms with Crippen molar-refractivity contribution in [2.24, 2.45) is 0 Å². The normalized spacial score (nSPS) is 29.9. The van der Waals surface area contributed by atoms with Gasteiger partial charge in [-0.2, -0.15) is 8.42 Å². The molecule has 0 aromatic heterocycles. The monoisotopic (exact) mass is 291 g/mol. The molecule has 0 aromatic carbocycles. The van der Waals surface area contributed by atoms with Crippen LogP contribution in [0.5, 0.6) is 0 Å². The van der Waals surface area contributed by atoms with Gasteiger partial charge in [-0.1, -0.05) is 0 Å². The minimum Gasteiger partial charge on any atom is -0.352 e. The van der Waals surface area contributed by atoms with Crippen molar-refractivity contribution >= 4 is 16.0 Å². The molecule has 7 nitrogen and oxygen atoms in total. The molecule has 0 saturated carbocycles. The first kappa shape index (κ1) is 14.7. The molecule has 110 valence electrons. The lowest BCUT2D eigenvalue weighted by Crippen LogP contribution is -2.54. The zero-order valence-electron chi connectivity index (χ0n) is 10.8. The molecule has 0 radical (unpaired) electrons. The highest BCUT2D eigenvalue weighted by molar-refractivity contribution is 7.86. The number of piperidine rings is 2. The van der Waals surface area contributed by atoms with Crippen molar-refractivity contribution in [1.29, 1.82) is 0 Å². The maximum Gasteiger partial charge on any atom is 0.269 e. The van der Waals surface area contributed by atoms with Gasteiger partial charge in [0.25, 0.3) is 10.1 Å². The van der Waals surface area contributed by atoms with Crippen LogP contribution in [0.4, 0.5) is 0 Å². The lowest BCUT2D eigenvalue weighted by molar-refractivity contribution is -0.124. The van der Waals surface area contributed by atoms with E-state index in [4.69, 9.17) is 4.55 Å². The number of rotatable bonds is 3. The molecule has 2 aliphatic rings. The van der Waals surface area contributed by atoms with Crippen molar-refractivity contribution in [3.8, 4) is 0 Å². The summed E-state index contributed by atoms with van der Waals surface area (Å²) < 4.78 is 30.9. The summed E-state index contributed by atoms with van der Waals surface area (Å²) in [6.45, 7) is 1.95. The summed E-state index contributed by atoms with van der Waals surface area (Å²) in [4.78, 5) is 12.0. The molecule has 2 rings (SSSR count). The van der Waals surface area contributed by atoms with Crippen molar-refractivity contribution in [3.63, 3.8) is 0 Å². The van der Waals surface area contributed by atoms with E-state index in [1.54, 1.807) is 0 Å². The molecule has 2 unspecified atom stereocenters. The van der Waals surface area contributed by atoms with E-state index in [1.165, 1.54) is 0 Å². The summed E-state index contributed by atoms with van der Waals surface area (Å²) in [6, 6.07) is -0.150. The third kappa shape index (κ3) is 4.13. The standard InChI is InChI=1S/C11H21N3O4S/c15-11(14-8-3-5-12-6-4-8)10-2-1-9(7-13-10)19(16,17)18/h8-10,12-13H,1-7H2,(H,14,15)(H,16,17,18). The SMILES string of the molecule is O=C(NC1CCNCC1)C1CCC(S(=O)(=O)O)CN1. The van der Waals surface area contributed by atoms with Crippen LogP contribution in [0.1, 0.15) is 25.7 Å². The van der Waals surface area contributed by atoms with Crippen LogP contribution in [0.3, 0.4) is 0 Å². The summed E-state index contributed by atoms with van der Waals surface area (Å²) in [7, 11) is -4.00. The highest BCUT2D eigenvalue weighted by atomic mass is 32.2. The van der Waals surface area contributed by atoms with Crippen LogP contribution in [0.15, 0.2) is 0 Å². The molecule has 2 atom stereocenters. The van der Waals surface area contributed by atoms with Crippen molar-refractivity contribution in [3.05, 3.63) is 0 Å². The molecule has 2 saturated heterocycles. The van der Waals surface area contributed by atoms with Crippen molar-refractivity contribution in [2.75, 3.05) is 19.6 Å². The van der Waals surface area contributed by atoms with Crippen LogP contribution in [0.2, 0.25) is 0 Å². The van der Waals surface area contributed by atoms with E-state index >= 15 is 0 Å². The Morgan fingerprint density at radius 3 is 2.37 bits per heavy atom. The van der Waals surface area contributed by atoms with Gasteiger partial charge in [-0.15, -0.1) is 0 Å². The van der Waals surface area contributed by atoms with E-state index in [2.05, 4.69) is 16.0 Å². The first-order valence-electron chi connectivity index (χ1n) is 6.67. The number of hydrogen-bond acceptors (Lipinski definition) is 5. The van der Waals surface area contributed by atoms with Gasteiger partial charge in [-0.25, -0.2) is 0 Å². The van der Waals surface area contributed by atoms with Crippen LogP contribution < -0.4 is 16.0 Å². The van der Waals surface area contributed by atoms with E-state index in [0.717, 1.165) is 25.9 Å². The average molecular weight is 291 g/mol. The quantitative estimate of drug-likeness (QED) is 0.490. The minimum atomic E-state index is -4.00. The maximum atomic E-state index is 12.0. The molecule has 19 heavy (non-hydrogen) atoms. The largest absolute Gasteiger partial charge is 0.352 e. The molecule has 8 heteroatoms. The lowest BCUT2D eigenvalue weighted by atomic mass is 10.0. The second-order valence-electron chi connectivity index (χ2n) is 5.21. The zero-order valence-corrected chi connectivity index (χ0v) is 11.6. The Labute approximate surface area is 113 Å². The predicted octanol–water partition coefficient (Wildman–Crippen LogP) is -1.14. The molecule has 2 heterocycles. The first-order valence-corrected chi connectivity index (χ1v) is 8.18. The van der Waals surface area contributed by atoms with Crippen LogP contribution in [0.25, 0.3) is 0 Å². The fraction of sp³-hybridized carbons (Fsp3) is 0.909. The van der Waals surface area contributed by atoms with Gasteiger partial charge in [-0.05, 0) is 38.8 Å². The van der Waals surface area contributed by atoms with Crippen LogP contribution >= 0.6 is 0 Å². The van der Waals surface area contributed by atoms with Gasteiger partial charge in [0.1, 0.15) is 0 Å². The Morgan fingerprint density at radius 2 is 1.84 bits per heavy atom. The van der Waals surface area contributed by atoms with E-state index in [1.807, 2.05) is 0 Å². The molecule has 2 aliphatic heterocycles. The number of carbonyl (C=O) groups is 1. The summed E-state index contributed by atoms with van der Waals surface area (Å²) >= 11 is 0. The van der Waals surface area contributed by atoms with Gasteiger partial charge in [-0.3, -0.25) is 9.35 Å². The van der Waals surface area contributed by atoms with Crippen molar-refractivity contribution in [1.82, 2.24) is 16.0 Å². The molecule has 0 aromatic rings. The predicted molar refractivity (Wildman–Crippen MR) is 70.4 cm³/mol. The fourth-order valence-electron chi connectivity index (χ4n) is 2.58. The van der Waals surface area contributed by atoms with Gasteiger partial charge < -0.3 is 16.0 Å². The summed E-state index contributed by atoms with van der Waals surface area (Å²) in [6.07, 6.45) is 2.59. The van der Waals surface area contributed by atoms with E-state index in [0.29, 0.717) is 12.8 Å². The molecule has 4 N–H and O–H groups in total. The second kappa shape index (κ2) is 6.17.